The molecule has 0 aliphatic rings. The van der Waals surface area contributed by atoms with Gasteiger partial charge in [-0.05, 0) is 30.3 Å². The lowest BCUT2D eigenvalue weighted by Crippen LogP contribution is -1.88. The third-order valence-corrected chi connectivity index (χ3v) is 4.04. The predicted octanol–water partition coefficient (Wildman–Crippen LogP) is 4.19. The van der Waals surface area contributed by atoms with Crippen LogP contribution in [0.1, 0.15) is 0 Å². The average molecular weight is 297 g/mol. The fraction of sp³-hybridized carbons (Fsp3) is 0.0667. The molecule has 2 aromatic heterocycles. The second kappa shape index (κ2) is 4.75. The van der Waals surface area contributed by atoms with Gasteiger partial charge in [0.25, 0.3) is 0 Å². The molecule has 5 nitrogen and oxygen atoms in total. The van der Waals surface area contributed by atoms with E-state index in [0.717, 1.165) is 32.2 Å². The number of methoxy groups -OCH3 is 1. The van der Waals surface area contributed by atoms with Crippen molar-refractivity contribution in [2.45, 2.75) is 0 Å². The summed E-state index contributed by atoms with van der Waals surface area (Å²) in [4.78, 5) is 8.88. The fourth-order valence-electron chi connectivity index (χ4n) is 2.10. The summed E-state index contributed by atoms with van der Waals surface area (Å²) in [5.41, 5.74) is 2.49. The standard InChI is InChI=1S/C15H11N3O2S/c1-19-9-6-7-11-13(8-9)21-15(17-11)18-14-16-10-4-2-3-5-12(10)20-14/h2-8H,1H3,(H,16,17,18). The Kier molecular flexibility index (Phi) is 2.75. The van der Waals surface area contributed by atoms with Crippen LogP contribution in [0.3, 0.4) is 0 Å². The molecule has 0 amide bonds. The van der Waals surface area contributed by atoms with Crippen molar-refractivity contribution in [3.05, 3.63) is 42.5 Å². The zero-order valence-corrected chi connectivity index (χ0v) is 12.0. The molecule has 21 heavy (non-hydrogen) atoms. The first kappa shape index (κ1) is 12.2. The first-order valence-corrected chi connectivity index (χ1v) is 7.21. The van der Waals surface area contributed by atoms with Crippen molar-refractivity contribution in [1.82, 2.24) is 9.97 Å². The summed E-state index contributed by atoms with van der Waals surface area (Å²) in [5.74, 6) is 0.819. The van der Waals surface area contributed by atoms with Crippen LogP contribution in [0.4, 0.5) is 11.1 Å². The third kappa shape index (κ3) is 2.19. The van der Waals surface area contributed by atoms with Gasteiger partial charge in [0, 0.05) is 0 Å². The number of rotatable bonds is 3. The van der Waals surface area contributed by atoms with Crippen LogP contribution in [0.5, 0.6) is 5.75 Å². The molecule has 0 radical (unpaired) electrons. The van der Waals surface area contributed by atoms with Crippen molar-refractivity contribution in [3.63, 3.8) is 0 Å². The highest BCUT2D eigenvalue weighted by Gasteiger charge is 2.09. The van der Waals surface area contributed by atoms with Crippen LogP contribution in [-0.4, -0.2) is 17.1 Å². The Bertz CT molecular complexity index is 896. The van der Waals surface area contributed by atoms with Crippen molar-refractivity contribution < 1.29 is 9.15 Å². The van der Waals surface area contributed by atoms with Gasteiger partial charge in [-0.15, -0.1) is 0 Å². The molecule has 0 spiro atoms. The monoisotopic (exact) mass is 297 g/mol. The van der Waals surface area contributed by atoms with E-state index in [0.29, 0.717) is 6.01 Å². The second-order valence-corrected chi connectivity index (χ2v) is 5.50. The number of oxazole rings is 1. The van der Waals surface area contributed by atoms with Crippen LogP contribution < -0.4 is 10.1 Å². The third-order valence-electron chi connectivity index (χ3n) is 3.10. The minimum absolute atomic E-state index is 0.447. The highest BCUT2D eigenvalue weighted by Crippen LogP contribution is 2.31. The fourth-order valence-corrected chi connectivity index (χ4v) is 2.99. The van der Waals surface area contributed by atoms with Crippen LogP contribution in [-0.2, 0) is 0 Å². The number of nitrogens with zero attached hydrogens (tertiary/aromatic N) is 2. The van der Waals surface area contributed by atoms with E-state index < -0.39 is 0 Å². The van der Waals surface area contributed by atoms with Crippen LogP contribution in [0.25, 0.3) is 21.3 Å². The summed E-state index contributed by atoms with van der Waals surface area (Å²) >= 11 is 1.53. The summed E-state index contributed by atoms with van der Waals surface area (Å²) < 4.78 is 11.9. The number of hydrogen-bond acceptors (Lipinski definition) is 6. The van der Waals surface area contributed by atoms with Crippen LogP contribution in [0.2, 0.25) is 0 Å². The number of benzene rings is 2. The van der Waals surface area contributed by atoms with Gasteiger partial charge in [0.15, 0.2) is 10.7 Å². The predicted molar refractivity (Wildman–Crippen MR) is 83.5 cm³/mol. The molecule has 0 unspecified atom stereocenters. The maximum atomic E-state index is 5.63. The van der Waals surface area contributed by atoms with E-state index >= 15 is 0 Å². The van der Waals surface area contributed by atoms with E-state index in [1.54, 1.807) is 7.11 Å². The van der Waals surface area contributed by atoms with Gasteiger partial charge < -0.3 is 9.15 Å². The molecule has 0 saturated heterocycles. The molecule has 0 saturated carbocycles. The zero-order valence-electron chi connectivity index (χ0n) is 11.2. The van der Waals surface area contributed by atoms with Crippen molar-refractivity contribution in [2.75, 3.05) is 12.4 Å². The molecule has 2 aromatic carbocycles. The quantitative estimate of drug-likeness (QED) is 0.614. The lowest BCUT2D eigenvalue weighted by molar-refractivity contribution is 0.415. The number of nitrogens with one attached hydrogen (secondary N) is 1. The molecule has 0 bridgehead atoms. The molecule has 2 heterocycles. The smallest absolute Gasteiger partial charge is 0.302 e. The van der Waals surface area contributed by atoms with Crippen molar-refractivity contribution in [2.24, 2.45) is 0 Å². The maximum absolute atomic E-state index is 5.63. The minimum atomic E-state index is 0.447. The number of fused-ring (bicyclic) bond motifs is 2. The minimum Gasteiger partial charge on any atom is -0.497 e. The normalized spacial score (nSPS) is 11.1. The molecular weight excluding hydrogens is 286 g/mol. The van der Waals surface area contributed by atoms with Gasteiger partial charge in [-0.2, -0.15) is 4.98 Å². The van der Waals surface area contributed by atoms with Crippen molar-refractivity contribution >= 4 is 43.8 Å². The first-order valence-electron chi connectivity index (χ1n) is 6.39. The number of hydrogen-bond donors (Lipinski definition) is 1. The Morgan fingerprint density at radius 2 is 2.00 bits per heavy atom. The topological polar surface area (TPSA) is 60.2 Å². The number of anilines is 2. The molecule has 0 aliphatic carbocycles. The van der Waals surface area contributed by atoms with Gasteiger partial charge >= 0.3 is 6.01 Å². The Morgan fingerprint density at radius 3 is 2.86 bits per heavy atom. The SMILES string of the molecule is COc1ccc2nc(Nc3nc4ccccc4o3)sc2c1. The molecule has 4 aromatic rings. The van der Waals surface area contributed by atoms with Crippen molar-refractivity contribution in [3.8, 4) is 5.75 Å². The largest absolute Gasteiger partial charge is 0.497 e. The summed E-state index contributed by atoms with van der Waals surface area (Å²) in [7, 11) is 1.65. The van der Waals surface area contributed by atoms with Crippen LogP contribution >= 0.6 is 11.3 Å². The Hall–Kier alpha value is -2.60. The van der Waals surface area contributed by atoms with E-state index in [-0.39, 0.29) is 0 Å². The van der Waals surface area contributed by atoms with Crippen LogP contribution in [0.15, 0.2) is 46.9 Å². The lowest BCUT2D eigenvalue weighted by atomic mass is 10.3. The number of thiazole rings is 1. The first-order chi connectivity index (χ1) is 10.3. The summed E-state index contributed by atoms with van der Waals surface area (Å²) in [6, 6.07) is 13.9. The van der Waals surface area contributed by atoms with E-state index in [1.807, 2.05) is 42.5 Å². The maximum Gasteiger partial charge on any atom is 0.302 e. The number of ether oxygens (including phenoxy) is 1. The highest BCUT2D eigenvalue weighted by atomic mass is 32.1. The van der Waals surface area contributed by atoms with Gasteiger partial charge in [0.1, 0.15) is 11.3 Å². The van der Waals surface area contributed by atoms with Gasteiger partial charge in [-0.25, -0.2) is 4.98 Å². The molecule has 1 N–H and O–H groups in total. The molecule has 0 atom stereocenters. The molecule has 0 aliphatic heterocycles. The Morgan fingerprint density at radius 1 is 1.10 bits per heavy atom. The lowest BCUT2D eigenvalue weighted by Gasteiger charge is -1.96. The Labute approximate surface area is 124 Å². The molecule has 6 heteroatoms. The van der Waals surface area contributed by atoms with Crippen LogP contribution in [0, 0.1) is 0 Å². The van der Waals surface area contributed by atoms with E-state index in [1.165, 1.54) is 11.3 Å². The summed E-state index contributed by atoms with van der Waals surface area (Å²) in [6.07, 6.45) is 0. The molecular formula is C15H11N3O2S. The summed E-state index contributed by atoms with van der Waals surface area (Å²) in [6.45, 7) is 0. The Balaban J connectivity index is 1.69. The molecule has 4 rings (SSSR count). The second-order valence-electron chi connectivity index (χ2n) is 4.46. The van der Waals surface area contributed by atoms with Gasteiger partial charge in [-0.3, -0.25) is 5.32 Å². The van der Waals surface area contributed by atoms with E-state index in [4.69, 9.17) is 9.15 Å². The zero-order chi connectivity index (χ0) is 14.2. The average Bonchev–Trinajstić information content (AvgIpc) is 3.08. The molecule has 0 fully saturated rings. The van der Waals surface area contributed by atoms with Gasteiger partial charge in [0.2, 0.25) is 0 Å². The molecule has 104 valence electrons. The van der Waals surface area contributed by atoms with Gasteiger partial charge in [-0.1, -0.05) is 23.5 Å². The van der Waals surface area contributed by atoms with Gasteiger partial charge in [0.05, 0.1) is 17.3 Å². The van der Waals surface area contributed by atoms with E-state index in [2.05, 4.69) is 15.3 Å². The number of aromatic nitrogens is 2. The highest BCUT2D eigenvalue weighted by molar-refractivity contribution is 7.22. The number of para-hydroxylation sites is 2. The van der Waals surface area contributed by atoms with Crippen molar-refractivity contribution in [1.29, 1.82) is 0 Å². The van der Waals surface area contributed by atoms with E-state index in [9.17, 15) is 0 Å². The summed E-state index contributed by atoms with van der Waals surface area (Å²) in [5, 5.41) is 3.85.